The molecular formula is C13H12BrFN2O3. The third-order valence-corrected chi connectivity index (χ3v) is 3.92. The van der Waals surface area contributed by atoms with Crippen LogP contribution in [0.25, 0.3) is 0 Å². The van der Waals surface area contributed by atoms with Crippen LogP contribution in [0, 0.1) is 12.7 Å². The van der Waals surface area contributed by atoms with E-state index in [1.807, 2.05) is 0 Å². The van der Waals surface area contributed by atoms with Crippen LogP contribution < -0.4 is 5.32 Å². The van der Waals surface area contributed by atoms with E-state index < -0.39 is 17.6 Å². The molecule has 0 bridgehead atoms. The molecule has 0 fully saturated rings. The fourth-order valence-electron chi connectivity index (χ4n) is 1.84. The van der Waals surface area contributed by atoms with Crippen LogP contribution in [-0.4, -0.2) is 35.0 Å². The summed E-state index contributed by atoms with van der Waals surface area (Å²) in [6.45, 7) is 1.34. The number of nitrogens with one attached hydrogen (secondary N) is 1. The zero-order valence-electron chi connectivity index (χ0n) is 10.6. The molecule has 1 aliphatic heterocycles. The van der Waals surface area contributed by atoms with Crippen molar-refractivity contribution in [2.75, 3.05) is 18.5 Å². The molecule has 1 aliphatic rings. The molecule has 0 radical (unpaired) electrons. The van der Waals surface area contributed by atoms with Crippen LogP contribution in [-0.2, 0) is 9.59 Å². The van der Waals surface area contributed by atoms with Gasteiger partial charge in [0, 0.05) is 11.8 Å². The van der Waals surface area contributed by atoms with Crippen molar-refractivity contribution >= 4 is 33.4 Å². The molecule has 1 aromatic carbocycles. The predicted molar refractivity (Wildman–Crippen MR) is 74.3 cm³/mol. The second-order valence-electron chi connectivity index (χ2n) is 4.24. The van der Waals surface area contributed by atoms with Crippen molar-refractivity contribution in [3.63, 3.8) is 0 Å². The third kappa shape index (κ3) is 2.59. The number of nitrogens with zero attached hydrogens (tertiary/aromatic N) is 1. The number of rotatable bonds is 4. The lowest BCUT2D eigenvalue weighted by Crippen LogP contribution is -2.34. The van der Waals surface area contributed by atoms with E-state index in [1.54, 1.807) is 6.92 Å². The Hall–Kier alpha value is -1.73. The second kappa shape index (κ2) is 5.72. The monoisotopic (exact) mass is 342 g/mol. The van der Waals surface area contributed by atoms with E-state index in [9.17, 15) is 14.0 Å². The molecule has 1 aromatic rings. The van der Waals surface area contributed by atoms with E-state index in [0.29, 0.717) is 15.7 Å². The minimum absolute atomic E-state index is 0.0502. The molecule has 0 saturated heterocycles. The zero-order valence-corrected chi connectivity index (χ0v) is 12.2. The highest BCUT2D eigenvalue weighted by atomic mass is 79.9. The zero-order chi connectivity index (χ0) is 14.9. The topological polar surface area (TPSA) is 69.6 Å². The summed E-state index contributed by atoms with van der Waals surface area (Å²) in [4.78, 5) is 24.5. The van der Waals surface area contributed by atoms with Crippen LogP contribution in [0.3, 0.4) is 0 Å². The van der Waals surface area contributed by atoms with Crippen LogP contribution in [0.5, 0.6) is 0 Å². The number of amides is 2. The van der Waals surface area contributed by atoms with Gasteiger partial charge in [-0.3, -0.25) is 14.5 Å². The highest BCUT2D eigenvalue weighted by Crippen LogP contribution is 2.28. The molecule has 20 heavy (non-hydrogen) atoms. The maximum atomic E-state index is 13.3. The number of anilines is 1. The minimum Gasteiger partial charge on any atom is -0.395 e. The number of aliphatic hydroxyl groups excluding tert-OH is 1. The summed E-state index contributed by atoms with van der Waals surface area (Å²) in [5, 5.41) is 11.6. The quantitative estimate of drug-likeness (QED) is 0.814. The first-order valence-electron chi connectivity index (χ1n) is 5.85. The van der Waals surface area contributed by atoms with E-state index >= 15 is 0 Å². The number of hydrogen-bond donors (Lipinski definition) is 2. The lowest BCUT2D eigenvalue weighted by Gasteiger charge is -2.14. The van der Waals surface area contributed by atoms with Crippen molar-refractivity contribution < 1.29 is 19.1 Å². The first kappa shape index (κ1) is 14.7. The van der Waals surface area contributed by atoms with E-state index in [1.165, 1.54) is 12.1 Å². The fraction of sp³-hybridized carbons (Fsp3) is 0.231. The molecule has 0 atom stereocenters. The van der Waals surface area contributed by atoms with Crippen molar-refractivity contribution in [1.82, 2.24) is 4.90 Å². The summed E-state index contributed by atoms with van der Waals surface area (Å²) in [7, 11) is 0. The first-order valence-corrected chi connectivity index (χ1v) is 6.65. The number of imide groups is 1. The van der Waals surface area contributed by atoms with Crippen LogP contribution in [0.15, 0.2) is 28.4 Å². The van der Waals surface area contributed by atoms with Gasteiger partial charge in [-0.15, -0.1) is 0 Å². The lowest BCUT2D eigenvalue weighted by atomic mass is 10.2. The average Bonchev–Trinajstić information content (AvgIpc) is 2.67. The Bertz CT molecular complexity index is 616. The Morgan fingerprint density at radius 3 is 2.75 bits per heavy atom. The van der Waals surface area contributed by atoms with Crippen LogP contribution in [0.1, 0.15) is 5.56 Å². The van der Waals surface area contributed by atoms with Gasteiger partial charge in [0.2, 0.25) is 0 Å². The number of halogens is 2. The molecule has 0 aliphatic carbocycles. The Balaban J connectivity index is 2.24. The largest absolute Gasteiger partial charge is 0.395 e. The van der Waals surface area contributed by atoms with Gasteiger partial charge in [-0.05, 0) is 40.5 Å². The Morgan fingerprint density at radius 1 is 1.40 bits per heavy atom. The van der Waals surface area contributed by atoms with E-state index in [2.05, 4.69) is 21.2 Å². The number of carbonyl (C=O) groups is 2. The van der Waals surface area contributed by atoms with Gasteiger partial charge in [0.25, 0.3) is 11.8 Å². The maximum absolute atomic E-state index is 13.3. The highest BCUT2D eigenvalue weighted by molar-refractivity contribution is 9.10. The summed E-state index contributed by atoms with van der Waals surface area (Å²) in [6.07, 6.45) is 1.16. The minimum atomic E-state index is -0.510. The normalized spacial score (nSPS) is 14.8. The summed E-state index contributed by atoms with van der Waals surface area (Å²) in [6, 6.07) is 2.75. The smallest absolute Gasteiger partial charge is 0.277 e. The Labute approximate surface area is 123 Å². The molecule has 1 heterocycles. The Morgan fingerprint density at radius 2 is 2.10 bits per heavy atom. The van der Waals surface area contributed by atoms with Gasteiger partial charge in [-0.1, -0.05) is 0 Å². The van der Waals surface area contributed by atoms with Gasteiger partial charge in [-0.2, -0.15) is 0 Å². The molecule has 0 aromatic heterocycles. The highest BCUT2D eigenvalue weighted by Gasteiger charge is 2.30. The summed E-state index contributed by atoms with van der Waals surface area (Å²) in [5.41, 5.74) is 1.22. The molecule has 0 saturated carbocycles. The molecular weight excluding hydrogens is 331 g/mol. The molecule has 2 amide bonds. The Kier molecular flexibility index (Phi) is 4.20. The van der Waals surface area contributed by atoms with Gasteiger partial charge >= 0.3 is 0 Å². The van der Waals surface area contributed by atoms with Gasteiger partial charge in [-0.25, -0.2) is 4.39 Å². The second-order valence-corrected chi connectivity index (χ2v) is 5.03. The van der Waals surface area contributed by atoms with E-state index in [4.69, 9.17) is 5.11 Å². The molecule has 0 unspecified atom stereocenters. The average molecular weight is 343 g/mol. The third-order valence-electron chi connectivity index (χ3n) is 2.94. The summed E-state index contributed by atoms with van der Waals surface area (Å²) < 4.78 is 13.6. The van der Waals surface area contributed by atoms with E-state index in [0.717, 1.165) is 11.0 Å². The van der Waals surface area contributed by atoms with E-state index in [-0.39, 0.29) is 18.8 Å². The predicted octanol–water partition coefficient (Wildman–Crippen LogP) is 1.55. The van der Waals surface area contributed by atoms with Gasteiger partial charge in [0.15, 0.2) is 0 Å². The van der Waals surface area contributed by atoms with Crippen LogP contribution in [0.4, 0.5) is 10.1 Å². The number of carbonyl (C=O) groups excluding carboxylic acids is 2. The molecule has 7 heteroatoms. The van der Waals surface area contributed by atoms with Gasteiger partial charge in [0.05, 0.1) is 17.6 Å². The molecule has 2 N–H and O–H groups in total. The van der Waals surface area contributed by atoms with Crippen LogP contribution in [0.2, 0.25) is 0 Å². The van der Waals surface area contributed by atoms with Crippen molar-refractivity contribution in [3.8, 4) is 0 Å². The lowest BCUT2D eigenvalue weighted by molar-refractivity contribution is -0.137. The summed E-state index contributed by atoms with van der Waals surface area (Å²) >= 11 is 3.11. The molecule has 106 valence electrons. The SMILES string of the molecule is Cc1c(NC2=CC(=O)N(CCO)C2=O)ccc(F)c1Br. The van der Waals surface area contributed by atoms with Gasteiger partial charge < -0.3 is 10.4 Å². The molecule has 0 spiro atoms. The fourth-order valence-corrected chi connectivity index (χ4v) is 2.19. The first-order chi connectivity index (χ1) is 9.45. The molecule has 5 nitrogen and oxygen atoms in total. The molecule has 2 rings (SSSR count). The van der Waals surface area contributed by atoms with Crippen molar-refractivity contribution in [3.05, 3.63) is 39.8 Å². The number of benzene rings is 1. The van der Waals surface area contributed by atoms with Crippen molar-refractivity contribution in [2.45, 2.75) is 6.92 Å². The standard InChI is InChI=1S/C13H12BrFN2O3/c1-7-9(3-2-8(15)12(7)14)16-10-6-11(19)17(4-5-18)13(10)20/h2-3,6,16,18H,4-5H2,1H3. The van der Waals surface area contributed by atoms with Gasteiger partial charge in [0.1, 0.15) is 11.5 Å². The van der Waals surface area contributed by atoms with Crippen molar-refractivity contribution in [1.29, 1.82) is 0 Å². The maximum Gasteiger partial charge on any atom is 0.277 e. The summed E-state index contributed by atoms with van der Waals surface area (Å²) in [5.74, 6) is -1.40. The number of β-amino-alcohol motifs (C(OH)–C–C–N with tert-alkyl or cyclic N) is 1. The van der Waals surface area contributed by atoms with Crippen molar-refractivity contribution in [2.24, 2.45) is 0 Å². The van der Waals surface area contributed by atoms with Crippen LogP contribution >= 0.6 is 15.9 Å². The number of hydrogen-bond acceptors (Lipinski definition) is 4. The number of aliphatic hydroxyl groups is 1.